The topological polar surface area (TPSA) is 75.6 Å². The zero-order valence-electron chi connectivity index (χ0n) is 14.7. The minimum atomic E-state index is -0.157. The maximum Gasteiger partial charge on any atom is 0.274 e. The molecule has 1 aromatic heterocycles. The van der Waals surface area contributed by atoms with Gasteiger partial charge in [0.2, 0.25) is 5.96 Å². The quantitative estimate of drug-likeness (QED) is 0.643. The highest BCUT2D eigenvalue weighted by Gasteiger charge is 2.27. The Hall–Kier alpha value is -2.25. The average molecular weight is 370 g/mol. The van der Waals surface area contributed by atoms with Crippen molar-refractivity contribution >= 4 is 39.5 Å². The molecule has 1 amide bonds. The molecule has 0 spiro atoms. The molecule has 26 heavy (non-hydrogen) atoms. The lowest BCUT2D eigenvalue weighted by Gasteiger charge is -2.20. The average Bonchev–Trinajstić information content (AvgIpc) is 3.16. The molecule has 2 fully saturated rings. The first-order valence-electron chi connectivity index (χ1n) is 8.97. The first kappa shape index (κ1) is 17.2. The normalized spacial score (nSPS) is 26.9. The number of nitrogens with one attached hydrogen (secondary N) is 2. The molecule has 2 heterocycles. The van der Waals surface area contributed by atoms with Gasteiger partial charge in [-0.25, -0.2) is 9.98 Å². The van der Waals surface area contributed by atoms with Gasteiger partial charge in [0.05, 0.1) is 27.9 Å². The van der Waals surface area contributed by atoms with Crippen molar-refractivity contribution in [3.8, 4) is 0 Å². The Morgan fingerprint density at radius 1 is 1.27 bits per heavy atom. The molecule has 1 saturated heterocycles. The van der Waals surface area contributed by atoms with Gasteiger partial charge in [0.1, 0.15) is 5.70 Å². The number of hydrogen-bond donors (Lipinski definition) is 2. The summed E-state index contributed by atoms with van der Waals surface area (Å²) < 4.78 is 6.71. The highest BCUT2D eigenvalue weighted by Crippen LogP contribution is 2.23. The van der Waals surface area contributed by atoms with E-state index < -0.39 is 0 Å². The third-order valence-corrected chi connectivity index (χ3v) is 5.70. The molecule has 1 aliphatic heterocycles. The predicted molar refractivity (Wildman–Crippen MR) is 104 cm³/mol. The number of aliphatic imine (C=N–C) groups is 1. The Bertz CT molecular complexity index is 873. The van der Waals surface area contributed by atoms with E-state index in [4.69, 9.17) is 9.73 Å². The Balaban J connectivity index is 1.53. The minimum Gasteiger partial charge on any atom is -0.379 e. The van der Waals surface area contributed by atoms with Gasteiger partial charge in [-0.05, 0) is 36.6 Å². The maximum absolute atomic E-state index is 12.3. The molecule has 136 valence electrons. The van der Waals surface area contributed by atoms with E-state index in [0.717, 1.165) is 35.0 Å². The van der Waals surface area contributed by atoms with E-state index in [1.54, 1.807) is 18.4 Å². The fraction of sp³-hybridized carbons (Fsp3) is 0.421. The van der Waals surface area contributed by atoms with Crippen molar-refractivity contribution in [2.75, 3.05) is 7.11 Å². The molecule has 4 rings (SSSR count). The number of ether oxygens (including phenoxy) is 1. The first-order valence-corrected chi connectivity index (χ1v) is 9.85. The van der Waals surface area contributed by atoms with E-state index in [2.05, 4.69) is 15.6 Å². The van der Waals surface area contributed by atoms with Crippen molar-refractivity contribution in [3.63, 3.8) is 0 Å². The number of aromatic nitrogens is 1. The number of carbonyl (C=O) groups excluding carboxylic acids is 1. The van der Waals surface area contributed by atoms with Crippen LogP contribution in [0.3, 0.4) is 0 Å². The first-order chi connectivity index (χ1) is 12.7. The van der Waals surface area contributed by atoms with Crippen molar-refractivity contribution in [1.29, 1.82) is 0 Å². The van der Waals surface area contributed by atoms with Crippen LogP contribution >= 0.6 is 11.3 Å². The molecular weight excluding hydrogens is 348 g/mol. The second kappa shape index (κ2) is 7.55. The molecule has 2 aromatic rings. The summed E-state index contributed by atoms with van der Waals surface area (Å²) in [6, 6.07) is 6.05. The summed E-state index contributed by atoms with van der Waals surface area (Å²) in [6.07, 6.45) is 7.50. The van der Waals surface area contributed by atoms with Crippen LogP contribution in [0.4, 0.5) is 0 Å². The second-order valence-electron chi connectivity index (χ2n) is 6.67. The number of carbonyl (C=O) groups is 1. The van der Waals surface area contributed by atoms with Crippen LogP contribution in [-0.4, -0.2) is 36.1 Å². The molecule has 1 saturated carbocycles. The van der Waals surface area contributed by atoms with Crippen LogP contribution in [0, 0.1) is 0 Å². The zero-order chi connectivity index (χ0) is 17.9. The molecule has 2 aliphatic rings. The molecule has 2 atom stereocenters. The van der Waals surface area contributed by atoms with Gasteiger partial charge in [-0.1, -0.05) is 25.3 Å². The lowest BCUT2D eigenvalue weighted by molar-refractivity contribution is -0.115. The fourth-order valence-electron chi connectivity index (χ4n) is 3.53. The summed E-state index contributed by atoms with van der Waals surface area (Å²) >= 11 is 1.59. The predicted octanol–water partition coefficient (Wildman–Crippen LogP) is 3.06. The molecule has 6 nitrogen and oxygen atoms in total. The van der Waals surface area contributed by atoms with Gasteiger partial charge < -0.3 is 10.1 Å². The number of methoxy groups -OCH3 is 1. The largest absolute Gasteiger partial charge is 0.379 e. The van der Waals surface area contributed by atoms with Gasteiger partial charge in [-0.3, -0.25) is 10.1 Å². The van der Waals surface area contributed by atoms with E-state index in [0.29, 0.717) is 11.7 Å². The number of hydrogen-bond acceptors (Lipinski definition) is 5. The number of fused-ring (bicyclic) bond motifs is 1. The van der Waals surface area contributed by atoms with Crippen molar-refractivity contribution in [2.45, 2.75) is 44.2 Å². The Kier molecular flexibility index (Phi) is 4.99. The van der Waals surface area contributed by atoms with Crippen LogP contribution in [-0.2, 0) is 9.53 Å². The highest BCUT2D eigenvalue weighted by molar-refractivity contribution is 7.16. The summed E-state index contributed by atoms with van der Waals surface area (Å²) in [5.41, 5.74) is 4.27. The summed E-state index contributed by atoms with van der Waals surface area (Å²) in [4.78, 5) is 21.3. The third kappa shape index (κ3) is 3.64. The van der Waals surface area contributed by atoms with E-state index in [9.17, 15) is 4.79 Å². The van der Waals surface area contributed by atoms with Gasteiger partial charge in [0.15, 0.2) is 0 Å². The molecule has 0 radical (unpaired) electrons. The summed E-state index contributed by atoms with van der Waals surface area (Å²) in [6.45, 7) is 0. The molecule has 1 aliphatic carbocycles. The number of thiazole rings is 1. The van der Waals surface area contributed by atoms with Crippen LogP contribution in [0.5, 0.6) is 0 Å². The van der Waals surface area contributed by atoms with Gasteiger partial charge in [0.25, 0.3) is 5.91 Å². The highest BCUT2D eigenvalue weighted by atomic mass is 32.1. The number of rotatable bonds is 3. The van der Waals surface area contributed by atoms with Gasteiger partial charge in [-0.15, -0.1) is 11.3 Å². The van der Waals surface area contributed by atoms with E-state index in [1.807, 2.05) is 29.8 Å². The molecule has 2 N–H and O–H groups in total. The van der Waals surface area contributed by atoms with Crippen molar-refractivity contribution in [3.05, 3.63) is 35.0 Å². The van der Waals surface area contributed by atoms with Crippen LogP contribution in [0.1, 0.15) is 37.7 Å². The van der Waals surface area contributed by atoms with E-state index in [1.165, 1.54) is 12.8 Å². The molecule has 0 bridgehead atoms. The molecule has 1 aromatic carbocycles. The third-order valence-electron chi connectivity index (χ3n) is 4.91. The second-order valence-corrected chi connectivity index (χ2v) is 7.56. The summed E-state index contributed by atoms with van der Waals surface area (Å²) in [7, 11) is 1.74. The zero-order valence-corrected chi connectivity index (χ0v) is 15.5. The molecular formula is C19H22N4O2S. The Morgan fingerprint density at radius 2 is 2.15 bits per heavy atom. The monoisotopic (exact) mass is 370 g/mol. The Morgan fingerprint density at radius 3 is 3.04 bits per heavy atom. The SMILES string of the molecule is COC1CCCCCC1N=C1NC(=O)/C(=C/c2ccc3ncsc3c2)N1. The molecule has 2 unspecified atom stereocenters. The van der Waals surface area contributed by atoms with Crippen molar-refractivity contribution in [1.82, 2.24) is 15.6 Å². The lowest BCUT2D eigenvalue weighted by Crippen LogP contribution is -2.32. The van der Waals surface area contributed by atoms with Crippen molar-refractivity contribution < 1.29 is 9.53 Å². The lowest BCUT2D eigenvalue weighted by atomic mass is 10.1. The van der Waals surface area contributed by atoms with Gasteiger partial charge >= 0.3 is 0 Å². The number of nitrogens with zero attached hydrogens (tertiary/aromatic N) is 2. The van der Waals surface area contributed by atoms with Crippen molar-refractivity contribution in [2.24, 2.45) is 4.99 Å². The fourth-order valence-corrected chi connectivity index (χ4v) is 4.25. The van der Waals surface area contributed by atoms with Crippen LogP contribution in [0.25, 0.3) is 16.3 Å². The summed E-state index contributed by atoms with van der Waals surface area (Å²) in [5, 5.41) is 5.96. The maximum atomic E-state index is 12.3. The smallest absolute Gasteiger partial charge is 0.274 e. The molecule has 7 heteroatoms. The van der Waals surface area contributed by atoms with Gasteiger partial charge in [0, 0.05) is 7.11 Å². The van der Waals surface area contributed by atoms with Crippen LogP contribution in [0.15, 0.2) is 34.4 Å². The van der Waals surface area contributed by atoms with Gasteiger partial charge in [-0.2, -0.15) is 0 Å². The van der Waals surface area contributed by atoms with E-state index >= 15 is 0 Å². The standard InChI is InChI=1S/C19H22N4O2S/c1-25-16-6-4-2-3-5-13(16)21-19-22-15(18(24)23-19)9-12-7-8-14-17(10-12)26-11-20-14/h7-11,13,16H,2-6H2,1H3,(H2,21,22,23,24)/b15-9-. The minimum absolute atomic E-state index is 0.0817. The van der Waals surface area contributed by atoms with E-state index in [-0.39, 0.29) is 18.1 Å². The Labute approximate surface area is 156 Å². The number of benzene rings is 1. The van der Waals surface area contributed by atoms with Crippen LogP contribution in [0.2, 0.25) is 0 Å². The number of amides is 1. The number of guanidine groups is 1. The van der Waals surface area contributed by atoms with Crippen LogP contribution < -0.4 is 10.6 Å². The summed E-state index contributed by atoms with van der Waals surface area (Å²) in [5.74, 6) is 0.366.